The third kappa shape index (κ3) is 2.51. The Kier molecular flexibility index (Phi) is 3.21. The normalized spacial score (nSPS) is 10.2. The molecule has 0 radical (unpaired) electrons. The van der Waals surface area contributed by atoms with Crippen molar-refractivity contribution in [2.24, 2.45) is 0 Å². The molecule has 1 aromatic heterocycles. The summed E-state index contributed by atoms with van der Waals surface area (Å²) in [7, 11) is 0. The fourth-order valence-electron chi connectivity index (χ4n) is 1.22. The zero-order valence-electron chi connectivity index (χ0n) is 8.61. The molecule has 5 N–H and O–H groups in total. The van der Waals surface area contributed by atoms with Crippen LogP contribution >= 0.6 is 23.2 Å². The summed E-state index contributed by atoms with van der Waals surface area (Å²) in [6.45, 7) is 0. The fraction of sp³-hybridized carbons (Fsp3) is 0. The number of hydrogen-bond donors (Lipinski definition) is 3. The van der Waals surface area contributed by atoms with E-state index in [4.69, 9.17) is 34.7 Å². The molecule has 0 aliphatic heterocycles. The summed E-state index contributed by atoms with van der Waals surface area (Å²) in [6, 6.07) is 5.10. The van der Waals surface area contributed by atoms with Gasteiger partial charge in [0.25, 0.3) is 0 Å². The highest BCUT2D eigenvalue weighted by Crippen LogP contribution is 2.28. The number of aromatic nitrogens is 2. The summed E-state index contributed by atoms with van der Waals surface area (Å²) in [5.41, 5.74) is 12.3. The quantitative estimate of drug-likeness (QED) is 0.780. The van der Waals surface area contributed by atoms with Crippen molar-refractivity contribution < 1.29 is 0 Å². The molecule has 0 saturated heterocycles. The predicted molar refractivity (Wildman–Crippen MR) is 70.6 cm³/mol. The van der Waals surface area contributed by atoms with E-state index < -0.39 is 0 Å². The van der Waals surface area contributed by atoms with Crippen molar-refractivity contribution in [3.8, 4) is 0 Å². The molecular formula is C10H9Cl2N5. The van der Waals surface area contributed by atoms with Crippen molar-refractivity contribution in [2.45, 2.75) is 0 Å². The summed E-state index contributed by atoms with van der Waals surface area (Å²) >= 11 is 11.7. The smallest absolute Gasteiger partial charge is 0.159 e. The molecule has 0 atom stereocenters. The van der Waals surface area contributed by atoms with Crippen LogP contribution in [-0.2, 0) is 0 Å². The lowest BCUT2D eigenvalue weighted by molar-refractivity contribution is 1.18. The first-order valence-corrected chi connectivity index (χ1v) is 5.41. The highest BCUT2D eigenvalue weighted by molar-refractivity contribution is 6.42. The second-order valence-corrected chi connectivity index (χ2v) is 4.09. The van der Waals surface area contributed by atoms with Crippen LogP contribution in [0.5, 0.6) is 0 Å². The van der Waals surface area contributed by atoms with Crippen LogP contribution in [0.4, 0.5) is 23.0 Å². The van der Waals surface area contributed by atoms with Gasteiger partial charge in [0.15, 0.2) is 11.6 Å². The number of nitrogens with one attached hydrogen (secondary N) is 1. The van der Waals surface area contributed by atoms with E-state index in [0.29, 0.717) is 27.2 Å². The van der Waals surface area contributed by atoms with E-state index in [1.165, 1.54) is 6.33 Å². The van der Waals surface area contributed by atoms with Gasteiger partial charge in [0.05, 0.1) is 10.0 Å². The first kappa shape index (κ1) is 11.8. The molecule has 1 aromatic carbocycles. The number of hydrogen-bond acceptors (Lipinski definition) is 5. The molecule has 0 amide bonds. The van der Waals surface area contributed by atoms with Gasteiger partial charge in [-0.15, -0.1) is 0 Å². The molecule has 0 unspecified atom stereocenters. The van der Waals surface area contributed by atoms with Gasteiger partial charge < -0.3 is 16.8 Å². The predicted octanol–water partition coefficient (Wildman–Crippen LogP) is 2.69. The van der Waals surface area contributed by atoms with E-state index in [0.717, 1.165) is 0 Å². The van der Waals surface area contributed by atoms with Crippen LogP contribution in [0.1, 0.15) is 0 Å². The lowest BCUT2D eigenvalue weighted by Crippen LogP contribution is -2.04. The van der Waals surface area contributed by atoms with Crippen LogP contribution in [0.15, 0.2) is 24.5 Å². The van der Waals surface area contributed by atoms with Gasteiger partial charge in [0.2, 0.25) is 0 Å². The van der Waals surface area contributed by atoms with E-state index in [-0.39, 0.29) is 5.82 Å². The number of benzene rings is 1. The van der Waals surface area contributed by atoms with Crippen LogP contribution in [0.2, 0.25) is 10.0 Å². The number of rotatable bonds is 2. The highest BCUT2D eigenvalue weighted by atomic mass is 35.5. The van der Waals surface area contributed by atoms with Gasteiger partial charge in [-0.05, 0) is 18.2 Å². The molecule has 2 aromatic rings. The third-order valence-electron chi connectivity index (χ3n) is 2.10. The largest absolute Gasteiger partial charge is 0.393 e. The second-order valence-electron chi connectivity index (χ2n) is 3.28. The molecule has 17 heavy (non-hydrogen) atoms. The van der Waals surface area contributed by atoms with E-state index >= 15 is 0 Å². The number of anilines is 4. The second kappa shape index (κ2) is 4.65. The summed E-state index contributed by atoms with van der Waals surface area (Å²) in [5.74, 6) is 0.651. The molecule has 5 nitrogen and oxygen atoms in total. The molecule has 7 heteroatoms. The van der Waals surface area contributed by atoms with Crippen LogP contribution in [0, 0.1) is 0 Å². The summed E-state index contributed by atoms with van der Waals surface area (Å²) in [6.07, 6.45) is 1.32. The molecule has 0 aliphatic rings. The zero-order valence-corrected chi connectivity index (χ0v) is 10.1. The van der Waals surface area contributed by atoms with Gasteiger partial charge >= 0.3 is 0 Å². The Hall–Kier alpha value is -1.72. The molecule has 0 aliphatic carbocycles. The lowest BCUT2D eigenvalue weighted by Gasteiger charge is -2.09. The Morgan fingerprint density at radius 3 is 2.53 bits per heavy atom. The van der Waals surface area contributed by atoms with Gasteiger partial charge in [-0.3, -0.25) is 0 Å². The standard InChI is InChI=1S/C10H9Cl2N5/c11-6-2-1-5(3-7(6)12)17-10-8(13)9(14)15-4-16-10/h1-4H,13H2,(H3,14,15,16,17). The van der Waals surface area contributed by atoms with Gasteiger partial charge in [-0.2, -0.15) is 0 Å². The first-order valence-electron chi connectivity index (χ1n) is 4.66. The molecule has 1 heterocycles. The highest BCUT2D eigenvalue weighted by Gasteiger charge is 2.06. The molecule has 0 bridgehead atoms. The molecule has 0 fully saturated rings. The number of nitrogens with zero attached hydrogens (tertiary/aromatic N) is 2. The van der Waals surface area contributed by atoms with Crippen molar-refractivity contribution in [2.75, 3.05) is 16.8 Å². The molecule has 88 valence electrons. The molecular weight excluding hydrogens is 261 g/mol. The Morgan fingerprint density at radius 2 is 1.82 bits per heavy atom. The van der Waals surface area contributed by atoms with Gasteiger partial charge in [-0.1, -0.05) is 23.2 Å². The molecule has 0 saturated carbocycles. The van der Waals surface area contributed by atoms with Crippen LogP contribution in [-0.4, -0.2) is 9.97 Å². The maximum Gasteiger partial charge on any atom is 0.159 e. The van der Waals surface area contributed by atoms with E-state index in [1.807, 2.05) is 0 Å². The summed E-state index contributed by atoms with van der Waals surface area (Å²) in [5, 5.41) is 3.90. The SMILES string of the molecule is Nc1ncnc(Nc2ccc(Cl)c(Cl)c2)c1N. The van der Waals surface area contributed by atoms with E-state index in [1.54, 1.807) is 18.2 Å². The number of halogens is 2. The van der Waals surface area contributed by atoms with Gasteiger partial charge in [0.1, 0.15) is 12.0 Å². The number of nitrogen functional groups attached to an aromatic ring is 2. The minimum atomic E-state index is 0.225. The van der Waals surface area contributed by atoms with Crippen molar-refractivity contribution in [1.82, 2.24) is 9.97 Å². The number of nitrogens with two attached hydrogens (primary N) is 2. The first-order chi connectivity index (χ1) is 8.08. The third-order valence-corrected chi connectivity index (χ3v) is 2.84. The Balaban J connectivity index is 2.31. The maximum atomic E-state index is 5.89. The van der Waals surface area contributed by atoms with Crippen molar-refractivity contribution in [3.63, 3.8) is 0 Å². The average Bonchev–Trinajstić information content (AvgIpc) is 2.30. The topological polar surface area (TPSA) is 89.8 Å². The minimum absolute atomic E-state index is 0.225. The fourth-order valence-corrected chi connectivity index (χ4v) is 1.52. The van der Waals surface area contributed by atoms with Crippen molar-refractivity contribution in [1.29, 1.82) is 0 Å². The van der Waals surface area contributed by atoms with Gasteiger partial charge in [-0.25, -0.2) is 9.97 Å². The van der Waals surface area contributed by atoms with E-state index in [9.17, 15) is 0 Å². The Labute approximate surface area is 108 Å². The van der Waals surface area contributed by atoms with Crippen molar-refractivity contribution >= 4 is 46.2 Å². The summed E-state index contributed by atoms with van der Waals surface area (Å²) < 4.78 is 0. The lowest BCUT2D eigenvalue weighted by atomic mass is 10.3. The zero-order chi connectivity index (χ0) is 12.4. The monoisotopic (exact) mass is 269 g/mol. The van der Waals surface area contributed by atoms with Gasteiger partial charge in [0, 0.05) is 5.69 Å². The van der Waals surface area contributed by atoms with Crippen LogP contribution in [0.25, 0.3) is 0 Å². The summed E-state index contributed by atoms with van der Waals surface area (Å²) in [4.78, 5) is 7.75. The molecule has 0 spiro atoms. The molecule has 2 rings (SSSR count). The average molecular weight is 270 g/mol. The van der Waals surface area contributed by atoms with Crippen molar-refractivity contribution in [3.05, 3.63) is 34.6 Å². The van der Waals surface area contributed by atoms with Crippen LogP contribution in [0.3, 0.4) is 0 Å². The van der Waals surface area contributed by atoms with E-state index in [2.05, 4.69) is 15.3 Å². The van der Waals surface area contributed by atoms with Crippen LogP contribution < -0.4 is 16.8 Å². The Bertz CT molecular complexity index is 558. The Morgan fingerprint density at radius 1 is 1.06 bits per heavy atom. The minimum Gasteiger partial charge on any atom is -0.393 e. The maximum absolute atomic E-state index is 5.89.